The number of nitrogens with one attached hydrogen (secondary N) is 3. The zero-order valence-electron chi connectivity index (χ0n) is 29.4. The van der Waals surface area contributed by atoms with Crippen LogP contribution in [0, 0.1) is 0 Å². The van der Waals surface area contributed by atoms with Crippen LogP contribution in [0.5, 0.6) is 11.5 Å². The molecule has 4 aromatic carbocycles. The highest BCUT2D eigenvalue weighted by atomic mass is 35.5. The molecule has 6 N–H and O–H groups in total. The van der Waals surface area contributed by atoms with E-state index in [4.69, 9.17) is 21.1 Å². The van der Waals surface area contributed by atoms with Gasteiger partial charge in [-0.15, -0.1) is 0 Å². The first-order valence-corrected chi connectivity index (χ1v) is 20.6. The van der Waals surface area contributed by atoms with Crippen LogP contribution in [0.25, 0.3) is 12.2 Å². The molecule has 0 atom stereocenters. The second-order valence-electron chi connectivity index (χ2n) is 12.0. The number of methoxy groups -OCH3 is 2. The molecule has 0 aliphatic heterocycles. The van der Waals surface area contributed by atoms with Gasteiger partial charge in [-0.05, 0) is 71.8 Å². The molecule has 58 heavy (non-hydrogen) atoms. The number of halogens is 1. The lowest BCUT2D eigenvalue weighted by atomic mass is 9.92. The number of fused-ring (bicyclic) bond motifs is 2. The summed E-state index contributed by atoms with van der Waals surface area (Å²) in [7, 11) is -12.4. The molecule has 0 fully saturated rings. The Bertz CT molecular complexity index is 2930. The van der Waals surface area contributed by atoms with Crippen LogP contribution in [-0.4, -0.2) is 82.0 Å². The van der Waals surface area contributed by atoms with E-state index in [0.717, 1.165) is 24.3 Å². The lowest BCUT2D eigenvalue weighted by molar-refractivity contribution is -0.108. The lowest BCUT2D eigenvalue weighted by Gasteiger charge is -2.21. The smallest absolute Gasteiger partial charge is 0.296 e. The van der Waals surface area contributed by atoms with Gasteiger partial charge in [-0.1, -0.05) is 23.7 Å². The molecule has 0 radical (unpaired) electrons. The van der Waals surface area contributed by atoms with Gasteiger partial charge in [0.15, 0.2) is 5.71 Å². The number of Topliss-reactive ketones (excluding diaryl/α,β-unsaturated/α-hetero) is 1. The van der Waals surface area contributed by atoms with Gasteiger partial charge in [-0.3, -0.25) is 38.9 Å². The second kappa shape index (κ2) is 15.6. The van der Waals surface area contributed by atoms with Crippen molar-refractivity contribution in [1.29, 1.82) is 0 Å². The molecule has 23 heteroatoms. The predicted octanol–water partition coefficient (Wildman–Crippen LogP) is 4.41. The molecule has 19 nitrogen and oxygen atoms in total. The van der Waals surface area contributed by atoms with Gasteiger partial charge in [-0.25, -0.2) is 0 Å². The fourth-order valence-corrected chi connectivity index (χ4v) is 7.47. The maximum atomic E-state index is 14.1. The van der Waals surface area contributed by atoms with Gasteiger partial charge in [0.25, 0.3) is 36.3 Å². The summed E-state index contributed by atoms with van der Waals surface area (Å²) in [5, 5.41) is 10.8. The van der Waals surface area contributed by atoms with Gasteiger partial charge in [0.2, 0.25) is 11.6 Å². The maximum absolute atomic E-state index is 14.1. The average molecular weight is 872 g/mol. The zero-order chi connectivity index (χ0) is 42.3. The molecule has 0 saturated carbocycles. The molecule has 0 bridgehead atoms. The van der Waals surface area contributed by atoms with Crippen molar-refractivity contribution in [2.45, 2.75) is 9.79 Å². The van der Waals surface area contributed by atoms with Crippen LogP contribution in [0.1, 0.15) is 37.4 Å². The molecule has 0 heterocycles. The Hall–Kier alpha value is -6.27. The number of rotatable bonds is 11. The van der Waals surface area contributed by atoms with Crippen molar-refractivity contribution in [3.05, 3.63) is 111 Å². The summed E-state index contributed by atoms with van der Waals surface area (Å²) in [5.41, 5.74) is 3.09. The topological polar surface area (TPSA) is 294 Å². The molecule has 1 amide bonds. The van der Waals surface area contributed by atoms with Crippen LogP contribution in [0.3, 0.4) is 0 Å². The Balaban J connectivity index is 1.39. The van der Waals surface area contributed by atoms with Gasteiger partial charge in [-0.2, -0.15) is 35.5 Å². The van der Waals surface area contributed by atoms with Crippen molar-refractivity contribution < 1.29 is 62.8 Å². The van der Waals surface area contributed by atoms with Crippen LogP contribution < -0.4 is 25.6 Å². The number of hydrogen-bond acceptors (Lipinski definition) is 15. The quantitative estimate of drug-likeness (QED) is 0.0899. The molecule has 2 aliphatic carbocycles. The molecule has 4 aromatic rings. The molecule has 300 valence electrons. The molecular weight excluding hydrogens is 846 g/mol. The summed E-state index contributed by atoms with van der Waals surface area (Å²) in [6.07, 6.45) is 3.34. The van der Waals surface area contributed by atoms with E-state index in [1.165, 1.54) is 68.8 Å². The van der Waals surface area contributed by atoms with Crippen LogP contribution in [0.2, 0.25) is 5.02 Å². The average Bonchev–Trinajstić information content (AvgIpc) is 3.15. The maximum Gasteiger partial charge on any atom is 0.296 e. The van der Waals surface area contributed by atoms with E-state index in [1.807, 2.05) is 0 Å². The summed E-state index contributed by atoms with van der Waals surface area (Å²) in [6.45, 7) is 0. The van der Waals surface area contributed by atoms with E-state index in [-0.39, 0.29) is 39.7 Å². The minimum Gasteiger partial charge on any atom is -0.494 e. The van der Waals surface area contributed by atoms with Crippen LogP contribution in [0.4, 0.5) is 17.1 Å². The number of anilines is 3. The zero-order valence-corrected chi connectivity index (χ0v) is 32.6. The standard InChI is InChI=1S/C35H26ClN5O14S3/c1-54-28-16-25(29(55-2)15-24(28)38-40-32-23-13-21(56(45,46)47)9-5-17(23)6-10-27(32)42)39-41-33-30(58(51,52)53)12-19-11-22(57(48,49)50)14-26(31(19)34(33)43)37-35(44)18-3-7-20(36)8-4-18/h3-16,38-39H,1-2H3,(H,37,44)(H,45,46,47)(H,48,49,50)(H,51,52,53)/b40-32+,41-33-. The number of allylic oxidation sites excluding steroid dienone is 2. The number of hydrazone groups is 2. The number of nitrogens with zero attached hydrogens (tertiary/aromatic N) is 2. The number of hydrogen-bond donors (Lipinski definition) is 6. The van der Waals surface area contributed by atoms with E-state index in [0.29, 0.717) is 16.7 Å². The number of ketones is 2. The molecule has 0 aromatic heterocycles. The van der Waals surface area contributed by atoms with Crippen LogP contribution in [0.15, 0.2) is 97.7 Å². The highest BCUT2D eigenvalue weighted by molar-refractivity contribution is 7.91. The third-order valence-corrected chi connectivity index (χ3v) is 11.2. The van der Waals surface area contributed by atoms with Crippen molar-refractivity contribution in [2.75, 3.05) is 30.4 Å². The lowest BCUT2D eigenvalue weighted by Crippen LogP contribution is -2.29. The number of carbonyl (C=O) groups excluding carboxylic acids is 3. The minimum atomic E-state index is -5.28. The van der Waals surface area contributed by atoms with Gasteiger partial charge >= 0.3 is 0 Å². The van der Waals surface area contributed by atoms with Gasteiger partial charge in [0.05, 0.1) is 35.3 Å². The van der Waals surface area contributed by atoms with E-state index < -0.39 is 85.1 Å². The Morgan fingerprint density at radius 2 is 1.26 bits per heavy atom. The van der Waals surface area contributed by atoms with Crippen molar-refractivity contribution >= 4 is 100 Å². The first-order chi connectivity index (χ1) is 27.2. The summed E-state index contributed by atoms with van der Waals surface area (Å²) in [4.78, 5) is 37.6. The highest BCUT2D eigenvalue weighted by Gasteiger charge is 2.36. The molecular formula is C35H26ClN5O14S3. The second-order valence-corrected chi connectivity index (χ2v) is 16.7. The summed E-state index contributed by atoms with van der Waals surface area (Å²) >= 11 is 5.90. The first kappa shape index (κ1) is 41.4. The predicted molar refractivity (Wildman–Crippen MR) is 211 cm³/mol. The Labute approximate surface area is 334 Å². The largest absolute Gasteiger partial charge is 0.494 e. The first-order valence-electron chi connectivity index (χ1n) is 15.9. The SMILES string of the molecule is COc1cc(N/N=C2/C(=O)C=Cc3ccc(S(=O)(=O)O)cc32)c(OC)cc1N/N=C1\C(=O)c2c(cc(S(=O)(=O)O)cc2NC(=O)c2ccc(Cl)cc2)C=C1S(=O)(=O)O. The number of carbonyl (C=O) groups is 3. The Morgan fingerprint density at radius 1 is 0.672 bits per heavy atom. The van der Waals surface area contributed by atoms with E-state index >= 15 is 0 Å². The van der Waals surface area contributed by atoms with Gasteiger partial charge in [0, 0.05) is 28.3 Å². The molecule has 6 rings (SSSR count). The fourth-order valence-electron chi connectivity index (χ4n) is 5.63. The Kier molecular flexibility index (Phi) is 11.1. The summed E-state index contributed by atoms with van der Waals surface area (Å²) in [6, 6.07) is 13.1. The number of benzene rings is 4. The third kappa shape index (κ3) is 8.52. The number of ether oxygens (including phenoxy) is 2. The molecule has 0 saturated heterocycles. The highest BCUT2D eigenvalue weighted by Crippen LogP contribution is 2.38. The van der Waals surface area contributed by atoms with E-state index in [2.05, 4.69) is 26.4 Å². The number of amides is 1. The third-order valence-electron chi connectivity index (χ3n) is 8.36. The summed E-state index contributed by atoms with van der Waals surface area (Å²) in [5.74, 6) is -2.75. The normalized spacial score (nSPS) is 15.4. The van der Waals surface area contributed by atoms with Crippen LogP contribution in [-0.2, 0) is 35.1 Å². The van der Waals surface area contributed by atoms with E-state index in [9.17, 15) is 53.3 Å². The molecule has 0 spiro atoms. The van der Waals surface area contributed by atoms with E-state index in [1.54, 1.807) is 0 Å². The van der Waals surface area contributed by atoms with Crippen LogP contribution >= 0.6 is 11.6 Å². The van der Waals surface area contributed by atoms with Crippen molar-refractivity contribution in [2.24, 2.45) is 10.2 Å². The Morgan fingerprint density at radius 3 is 1.81 bits per heavy atom. The monoisotopic (exact) mass is 871 g/mol. The van der Waals surface area contributed by atoms with Gasteiger partial charge < -0.3 is 14.8 Å². The fraction of sp³-hybridized carbons (Fsp3) is 0.0571. The summed E-state index contributed by atoms with van der Waals surface area (Å²) < 4.78 is 113. The van der Waals surface area contributed by atoms with Crippen molar-refractivity contribution in [1.82, 2.24) is 0 Å². The molecule has 2 aliphatic rings. The van der Waals surface area contributed by atoms with Gasteiger partial charge in [0.1, 0.15) is 33.5 Å². The minimum absolute atomic E-state index is 0.00522. The van der Waals surface area contributed by atoms with Crippen molar-refractivity contribution in [3.63, 3.8) is 0 Å². The van der Waals surface area contributed by atoms with Crippen molar-refractivity contribution in [3.8, 4) is 11.5 Å². The molecule has 0 unspecified atom stereocenters.